The van der Waals surface area contributed by atoms with E-state index in [1.807, 2.05) is 0 Å². The summed E-state index contributed by atoms with van der Waals surface area (Å²) < 4.78 is 29.8. The molecule has 1 unspecified atom stereocenters. The molecule has 0 saturated carbocycles. The Morgan fingerprint density at radius 3 is 2.90 bits per heavy atom. The van der Waals surface area contributed by atoms with E-state index in [0.717, 1.165) is 24.3 Å². The normalized spacial score (nSPS) is 18.7. The molecule has 3 heterocycles. The molecule has 0 saturated heterocycles. The summed E-state index contributed by atoms with van der Waals surface area (Å²) in [5.74, 6) is 1.27. The van der Waals surface area contributed by atoms with Gasteiger partial charge in [-0.25, -0.2) is 22.8 Å². The lowest BCUT2D eigenvalue weighted by atomic mass is 10.1. The van der Waals surface area contributed by atoms with E-state index in [1.165, 1.54) is 6.07 Å². The average Bonchev–Trinajstić information content (AvgIpc) is 2.92. The van der Waals surface area contributed by atoms with E-state index in [1.54, 1.807) is 11.6 Å². The maximum absolute atomic E-state index is 12.4. The summed E-state index contributed by atoms with van der Waals surface area (Å²) in [7, 11) is -3.74. The minimum absolute atomic E-state index is 0.00697. The van der Waals surface area contributed by atoms with Crippen LogP contribution in [0.4, 0.5) is 0 Å². The van der Waals surface area contributed by atoms with E-state index in [0.29, 0.717) is 22.4 Å². The second-order valence-electron chi connectivity index (χ2n) is 4.74. The monoisotopic (exact) mass is 366 g/mol. The van der Waals surface area contributed by atoms with Gasteiger partial charge in [-0.05, 0) is 25.8 Å². The summed E-state index contributed by atoms with van der Waals surface area (Å²) in [4.78, 5) is 4.31. The summed E-state index contributed by atoms with van der Waals surface area (Å²) >= 11 is 12.8. The van der Waals surface area contributed by atoms with Crippen LogP contribution in [-0.2, 0) is 16.6 Å². The lowest BCUT2D eigenvalue weighted by molar-refractivity contribution is 0.400. The second-order valence-corrected chi connectivity index (χ2v) is 8.71. The molecule has 1 N–H and O–H groups in total. The Morgan fingerprint density at radius 2 is 2.24 bits per heavy atom. The molecular weight excluding hydrogens is 355 g/mol. The molecular formula is C11H12Cl2N4O2S2. The number of sulfonamides is 1. The molecule has 2 aromatic heterocycles. The third-order valence-electron chi connectivity index (χ3n) is 3.19. The predicted molar refractivity (Wildman–Crippen MR) is 81.4 cm³/mol. The Bertz CT molecular complexity index is 784. The van der Waals surface area contributed by atoms with E-state index < -0.39 is 16.1 Å². The molecule has 3 rings (SSSR count). The number of hydrogen-bond acceptors (Lipinski definition) is 5. The van der Waals surface area contributed by atoms with Gasteiger partial charge >= 0.3 is 0 Å². The van der Waals surface area contributed by atoms with Crippen LogP contribution in [0.5, 0.6) is 0 Å². The molecule has 0 fully saturated rings. The highest BCUT2D eigenvalue weighted by molar-refractivity contribution is 7.89. The molecule has 2 aromatic rings. The van der Waals surface area contributed by atoms with Crippen molar-refractivity contribution in [1.29, 1.82) is 0 Å². The van der Waals surface area contributed by atoms with Gasteiger partial charge < -0.3 is 0 Å². The Kier molecular flexibility index (Phi) is 4.00. The summed E-state index contributed by atoms with van der Waals surface area (Å²) in [5, 5.41) is 4.25. The van der Waals surface area contributed by atoms with Crippen molar-refractivity contribution in [2.24, 2.45) is 0 Å². The van der Waals surface area contributed by atoms with Crippen molar-refractivity contribution in [3.63, 3.8) is 0 Å². The summed E-state index contributed by atoms with van der Waals surface area (Å²) in [6.07, 6.45) is 1.51. The highest BCUT2D eigenvalue weighted by Crippen LogP contribution is 2.35. The van der Waals surface area contributed by atoms with Gasteiger partial charge in [0.15, 0.2) is 0 Å². The third kappa shape index (κ3) is 2.95. The van der Waals surface area contributed by atoms with E-state index in [4.69, 9.17) is 23.2 Å². The second kappa shape index (κ2) is 5.51. The largest absolute Gasteiger partial charge is 0.248 e. The number of nitrogens with zero attached hydrogens (tertiary/aromatic N) is 3. The van der Waals surface area contributed by atoms with Gasteiger partial charge in [-0.1, -0.05) is 23.2 Å². The first-order valence-corrected chi connectivity index (χ1v) is 9.31. The van der Waals surface area contributed by atoms with Crippen LogP contribution in [0.15, 0.2) is 11.0 Å². The van der Waals surface area contributed by atoms with E-state index in [2.05, 4.69) is 14.8 Å². The number of aromatic nitrogens is 3. The molecule has 1 aliphatic rings. The molecule has 0 amide bonds. The third-order valence-corrected chi connectivity index (χ3v) is 6.42. The van der Waals surface area contributed by atoms with Crippen LogP contribution >= 0.6 is 34.5 Å². The van der Waals surface area contributed by atoms with Crippen molar-refractivity contribution < 1.29 is 8.42 Å². The van der Waals surface area contributed by atoms with Gasteiger partial charge in [0.2, 0.25) is 10.0 Å². The fourth-order valence-corrected chi connectivity index (χ4v) is 5.72. The summed E-state index contributed by atoms with van der Waals surface area (Å²) in [6, 6.07) is 0.954. The number of fused-ring (bicyclic) bond motifs is 1. The van der Waals surface area contributed by atoms with Gasteiger partial charge in [-0.15, -0.1) is 11.3 Å². The fourth-order valence-electron chi connectivity index (χ4n) is 2.34. The fraction of sp³-hybridized carbons (Fsp3) is 0.455. The highest BCUT2D eigenvalue weighted by atomic mass is 35.5. The van der Waals surface area contributed by atoms with Crippen LogP contribution in [0.1, 0.15) is 30.5 Å². The lowest BCUT2D eigenvalue weighted by Gasteiger charge is -2.22. The van der Waals surface area contributed by atoms with E-state index in [-0.39, 0.29) is 9.23 Å². The molecule has 1 atom stereocenters. The molecule has 0 aliphatic carbocycles. The Labute approximate surface area is 136 Å². The molecule has 114 valence electrons. The van der Waals surface area contributed by atoms with E-state index in [9.17, 15) is 8.42 Å². The van der Waals surface area contributed by atoms with Crippen molar-refractivity contribution in [3.05, 3.63) is 26.4 Å². The molecule has 1 aliphatic heterocycles. The zero-order chi connectivity index (χ0) is 15.2. The topological polar surface area (TPSA) is 76.9 Å². The number of rotatable bonds is 3. The van der Waals surface area contributed by atoms with Gasteiger partial charge in [-0.3, -0.25) is 0 Å². The quantitative estimate of drug-likeness (QED) is 0.905. The minimum atomic E-state index is -3.74. The first kappa shape index (κ1) is 15.2. The molecule has 0 radical (unpaired) electrons. The number of thiophene rings is 1. The smallest absolute Gasteiger partial charge is 0.243 e. The number of nitrogens with one attached hydrogen (secondary N) is 1. The zero-order valence-corrected chi connectivity index (χ0v) is 14.2. The van der Waals surface area contributed by atoms with Crippen molar-refractivity contribution in [3.8, 4) is 0 Å². The van der Waals surface area contributed by atoms with Crippen molar-refractivity contribution in [2.75, 3.05) is 0 Å². The number of aryl methyl sites for hydroxylation is 2. The number of halogens is 2. The van der Waals surface area contributed by atoms with Crippen LogP contribution in [0.2, 0.25) is 8.67 Å². The zero-order valence-electron chi connectivity index (χ0n) is 11.0. The molecule has 21 heavy (non-hydrogen) atoms. The molecule has 0 bridgehead atoms. The van der Waals surface area contributed by atoms with E-state index >= 15 is 0 Å². The van der Waals surface area contributed by atoms with Crippen molar-refractivity contribution >= 4 is 44.6 Å². The molecule has 6 nitrogen and oxygen atoms in total. The van der Waals surface area contributed by atoms with Crippen LogP contribution in [0, 0.1) is 6.92 Å². The van der Waals surface area contributed by atoms with Crippen LogP contribution in [0.3, 0.4) is 0 Å². The minimum Gasteiger partial charge on any atom is -0.248 e. The van der Waals surface area contributed by atoms with Gasteiger partial charge in [-0.2, -0.15) is 5.10 Å². The lowest BCUT2D eigenvalue weighted by Crippen LogP contribution is -2.33. The molecule has 0 aromatic carbocycles. The Morgan fingerprint density at radius 1 is 1.48 bits per heavy atom. The Hall–Kier alpha value is -0.670. The van der Waals surface area contributed by atoms with Gasteiger partial charge in [0.1, 0.15) is 20.9 Å². The molecule has 0 spiro atoms. The maximum atomic E-state index is 12.4. The van der Waals surface area contributed by atoms with Crippen LogP contribution in [0.25, 0.3) is 0 Å². The first-order valence-electron chi connectivity index (χ1n) is 6.25. The van der Waals surface area contributed by atoms with Gasteiger partial charge in [0.05, 0.1) is 10.4 Å². The first-order chi connectivity index (χ1) is 9.87. The SMILES string of the molecule is Cc1nc2n(n1)CCCC2NS(=O)(=O)c1cc(Cl)sc1Cl. The van der Waals surface area contributed by atoms with Gasteiger partial charge in [0.25, 0.3) is 0 Å². The van der Waals surface area contributed by atoms with Crippen LogP contribution < -0.4 is 4.72 Å². The Balaban J connectivity index is 1.92. The summed E-state index contributed by atoms with van der Waals surface area (Å²) in [6.45, 7) is 2.53. The highest BCUT2D eigenvalue weighted by Gasteiger charge is 2.30. The standard InChI is InChI=1S/C11H12Cl2N4O2S2/c1-6-14-11-7(3-2-4-17(11)15-6)16-21(18,19)8-5-9(12)20-10(8)13/h5,7,16H,2-4H2,1H3. The van der Waals surface area contributed by atoms with Crippen molar-refractivity contribution in [1.82, 2.24) is 19.5 Å². The number of hydrogen-bond donors (Lipinski definition) is 1. The summed E-state index contributed by atoms with van der Waals surface area (Å²) in [5.41, 5.74) is 0. The molecule has 10 heteroatoms. The van der Waals surface area contributed by atoms with Crippen molar-refractivity contribution in [2.45, 2.75) is 37.2 Å². The van der Waals surface area contributed by atoms with Crippen LogP contribution in [-0.4, -0.2) is 23.2 Å². The predicted octanol–water partition coefficient (Wildman–Crippen LogP) is 2.77. The maximum Gasteiger partial charge on any atom is 0.243 e. The average molecular weight is 367 g/mol. The van der Waals surface area contributed by atoms with Gasteiger partial charge in [0, 0.05) is 6.54 Å².